The lowest BCUT2D eigenvalue weighted by molar-refractivity contribution is -0.146. The van der Waals surface area contributed by atoms with Crippen LogP contribution in [0.4, 0.5) is 5.88 Å². The van der Waals surface area contributed by atoms with Crippen molar-refractivity contribution < 1.29 is 18.8 Å². The molecule has 0 spiro atoms. The summed E-state index contributed by atoms with van der Waals surface area (Å²) in [6.07, 6.45) is 0.205. The Labute approximate surface area is 161 Å². The molecule has 2 aromatic rings. The van der Waals surface area contributed by atoms with Gasteiger partial charge in [-0.1, -0.05) is 37.5 Å². The Balaban J connectivity index is 1.67. The van der Waals surface area contributed by atoms with Crippen molar-refractivity contribution in [2.75, 3.05) is 17.7 Å². The number of carbonyl (C=O) groups excluding carboxylic acids is 2. The maximum absolute atomic E-state index is 11.8. The number of ether oxygens (including phenoxy) is 1. The fourth-order valence-electron chi connectivity index (χ4n) is 1.86. The topological polar surface area (TPSA) is 81.4 Å². The highest BCUT2D eigenvalue weighted by Crippen LogP contribution is 2.23. The van der Waals surface area contributed by atoms with E-state index in [0.717, 1.165) is 10.6 Å². The Morgan fingerprint density at radius 1 is 1.27 bits per heavy atom. The largest absolute Gasteiger partial charge is 0.456 e. The summed E-state index contributed by atoms with van der Waals surface area (Å²) in [5.41, 5.74) is 0.546. The number of halogens is 1. The van der Waals surface area contributed by atoms with E-state index in [1.807, 2.05) is 32.9 Å². The Kier molecular flexibility index (Phi) is 7.11. The maximum atomic E-state index is 11.8. The van der Waals surface area contributed by atoms with Gasteiger partial charge in [0.15, 0.2) is 6.61 Å². The molecule has 0 radical (unpaired) electrons. The summed E-state index contributed by atoms with van der Waals surface area (Å²) in [7, 11) is 0. The summed E-state index contributed by atoms with van der Waals surface area (Å²) in [5, 5.41) is 7.08. The van der Waals surface area contributed by atoms with Crippen molar-refractivity contribution in [2.45, 2.75) is 37.5 Å². The molecule has 0 aliphatic heterocycles. The number of hydrogen-bond donors (Lipinski definition) is 1. The third-order valence-corrected chi connectivity index (χ3v) is 4.56. The van der Waals surface area contributed by atoms with Gasteiger partial charge in [-0.3, -0.25) is 14.9 Å². The zero-order valence-electron chi connectivity index (χ0n) is 14.9. The second kappa shape index (κ2) is 9.09. The number of nitrogens with one attached hydrogen (secondary N) is 1. The molecule has 140 valence electrons. The first-order valence-electron chi connectivity index (χ1n) is 8.05. The van der Waals surface area contributed by atoms with Crippen LogP contribution in [-0.4, -0.2) is 29.4 Å². The number of esters is 1. The van der Waals surface area contributed by atoms with Gasteiger partial charge in [-0.2, -0.15) is 0 Å². The summed E-state index contributed by atoms with van der Waals surface area (Å²) in [6, 6.07) is 9.01. The number of hydrogen-bond acceptors (Lipinski definition) is 6. The molecule has 0 saturated heterocycles. The highest BCUT2D eigenvalue weighted by Gasteiger charge is 2.20. The van der Waals surface area contributed by atoms with Crippen molar-refractivity contribution in [3.63, 3.8) is 0 Å². The van der Waals surface area contributed by atoms with Crippen molar-refractivity contribution in [1.82, 2.24) is 5.16 Å². The molecule has 0 saturated carbocycles. The first-order chi connectivity index (χ1) is 12.2. The molecule has 0 fully saturated rings. The fraction of sp³-hybridized carbons (Fsp3) is 0.389. The predicted octanol–water partition coefficient (Wildman–Crippen LogP) is 4.29. The molecule has 0 unspecified atom stereocenters. The molecule has 1 aromatic carbocycles. The number of nitrogens with zero attached hydrogens (tertiary/aromatic N) is 1. The molecule has 0 bridgehead atoms. The first-order valence-corrected chi connectivity index (χ1v) is 9.41. The fourth-order valence-corrected chi connectivity index (χ4v) is 2.82. The summed E-state index contributed by atoms with van der Waals surface area (Å²) >= 11 is 7.33. The zero-order chi connectivity index (χ0) is 19.2. The van der Waals surface area contributed by atoms with Gasteiger partial charge in [0.25, 0.3) is 5.91 Å². The summed E-state index contributed by atoms with van der Waals surface area (Å²) in [5.74, 6) is -0.122. The van der Waals surface area contributed by atoms with Crippen molar-refractivity contribution in [2.24, 2.45) is 0 Å². The Morgan fingerprint density at radius 2 is 1.96 bits per heavy atom. The van der Waals surface area contributed by atoms with E-state index in [-0.39, 0.29) is 24.3 Å². The van der Waals surface area contributed by atoms with Crippen LogP contribution in [0, 0.1) is 0 Å². The van der Waals surface area contributed by atoms with E-state index in [1.165, 1.54) is 11.8 Å². The molecule has 6 nitrogen and oxygen atoms in total. The van der Waals surface area contributed by atoms with Gasteiger partial charge in [0.05, 0.1) is 12.1 Å². The van der Waals surface area contributed by atoms with Gasteiger partial charge < -0.3 is 9.26 Å². The number of aromatic nitrogens is 1. The van der Waals surface area contributed by atoms with Crippen LogP contribution in [-0.2, 0) is 19.7 Å². The number of amides is 1. The SMILES string of the molecule is CC(C)(C)c1cc(NC(=O)COC(=O)CCSc2ccc(Cl)cc2)on1. The summed E-state index contributed by atoms with van der Waals surface area (Å²) in [6.45, 7) is 5.59. The highest BCUT2D eigenvalue weighted by atomic mass is 35.5. The molecule has 0 atom stereocenters. The maximum Gasteiger partial charge on any atom is 0.307 e. The minimum atomic E-state index is -0.472. The molecule has 1 heterocycles. The van der Waals surface area contributed by atoms with Crippen molar-refractivity contribution >= 4 is 41.1 Å². The van der Waals surface area contributed by atoms with Crippen LogP contribution in [0.5, 0.6) is 0 Å². The molecular weight excluding hydrogens is 376 g/mol. The van der Waals surface area contributed by atoms with Gasteiger partial charge >= 0.3 is 5.97 Å². The smallest absolute Gasteiger partial charge is 0.307 e. The van der Waals surface area contributed by atoms with Gasteiger partial charge in [0, 0.05) is 27.2 Å². The minimum Gasteiger partial charge on any atom is -0.456 e. The number of benzene rings is 1. The van der Waals surface area contributed by atoms with Gasteiger partial charge in [-0.15, -0.1) is 11.8 Å². The van der Waals surface area contributed by atoms with E-state index in [9.17, 15) is 9.59 Å². The standard InChI is InChI=1S/C18H21ClN2O4S/c1-18(2,3)14-10-16(25-21-14)20-15(22)11-24-17(23)8-9-26-13-6-4-12(19)5-7-13/h4-7,10H,8-9,11H2,1-3H3,(H,20,22). The van der Waals surface area contributed by atoms with E-state index >= 15 is 0 Å². The van der Waals surface area contributed by atoms with Gasteiger partial charge in [0.2, 0.25) is 5.88 Å². The molecule has 2 rings (SSSR count). The zero-order valence-corrected chi connectivity index (χ0v) is 16.4. The van der Waals surface area contributed by atoms with Crippen LogP contribution in [0.25, 0.3) is 0 Å². The molecule has 1 amide bonds. The Bertz CT molecular complexity index is 753. The third-order valence-electron chi connectivity index (χ3n) is 3.29. The molecule has 8 heteroatoms. The van der Waals surface area contributed by atoms with Gasteiger partial charge in [-0.25, -0.2) is 0 Å². The number of thioether (sulfide) groups is 1. The minimum absolute atomic E-state index is 0.180. The molecule has 1 N–H and O–H groups in total. The van der Waals surface area contributed by atoms with E-state index in [0.29, 0.717) is 10.8 Å². The Morgan fingerprint density at radius 3 is 2.58 bits per heavy atom. The normalized spacial score (nSPS) is 11.2. The lowest BCUT2D eigenvalue weighted by Crippen LogP contribution is -2.20. The van der Waals surface area contributed by atoms with E-state index < -0.39 is 11.9 Å². The first kappa shape index (κ1) is 20.3. The molecule has 1 aromatic heterocycles. The van der Waals surface area contributed by atoms with Gasteiger partial charge in [-0.05, 0) is 24.3 Å². The van der Waals surface area contributed by atoms with Crippen LogP contribution in [0.1, 0.15) is 32.9 Å². The van der Waals surface area contributed by atoms with Crippen LogP contribution < -0.4 is 5.32 Å². The number of carbonyl (C=O) groups is 2. The molecule has 0 aliphatic carbocycles. The molecule has 0 aliphatic rings. The quantitative estimate of drug-likeness (QED) is 0.555. The lowest BCUT2D eigenvalue weighted by atomic mass is 9.92. The van der Waals surface area contributed by atoms with E-state index in [4.69, 9.17) is 20.9 Å². The van der Waals surface area contributed by atoms with Crippen LogP contribution in [0.3, 0.4) is 0 Å². The van der Waals surface area contributed by atoms with Crippen molar-refractivity contribution in [3.8, 4) is 0 Å². The number of rotatable bonds is 7. The van der Waals surface area contributed by atoms with Gasteiger partial charge in [0.1, 0.15) is 0 Å². The van der Waals surface area contributed by atoms with E-state index in [1.54, 1.807) is 18.2 Å². The Hall–Kier alpha value is -1.99. The average molecular weight is 397 g/mol. The second-order valence-electron chi connectivity index (χ2n) is 6.59. The van der Waals surface area contributed by atoms with Crippen LogP contribution in [0.2, 0.25) is 5.02 Å². The highest BCUT2D eigenvalue weighted by molar-refractivity contribution is 7.99. The average Bonchev–Trinajstić information content (AvgIpc) is 3.03. The third kappa shape index (κ3) is 6.72. The van der Waals surface area contributed by atoms with Crippen LogP contribution >= 0.6 is 23.4 Å². The van der Waals surface area contributed by atoms with Crippen molar-refractivity contribution in [1.29, 1.82) is 0 Å². The molecular formula is C18H21ClN2O4S. The second-order valence-corrected chi connectivity index (χ2v) is 8.19. The molecule has 26 heavy (non-hydrogen) atoms. The van der Waals surface area contributed by atoms with E-state index in [2.05, 4.69) is 10.5 Å². The summed E-state index contributed by atoms with van der Waals surface area (Å²) < 4.78 is 10.0. The lowest BCUT2D eigenvalue weighted by Gasteiger charge is -2.12. The van der Waals surface area contributed by atoms with Crippen LogP contribution in [0.15, 0.2) is 39.8 Å². The van der Waals surface area contributed by atoms with Crippen molar-refractivity contribution in [3.05, 3.63) is 41.0 Å². The monoisotopic (exact) mass is 396 g/mol. The number of anilines is 1. The predicted molar refractivity (Wildman–Crippen MR) is 102 cm³/mol. The summed E-state index contributed by atoms with van der Waals surface area (Å²) in [4.78, 5) is 24.5.